The van der Waals surface area contributed by atoms with Crippen molar-refractivity contribution in [3.8, 4) is 0 Å². The number of hydrogen-bond donors (Lipinski definition) is 0. The van der Waals surface area contributed by atoms with Crippen molar-refractivity contribution in [2.24, 2.45) is 5.92 Å². The predicted molar refractivity (Wildman–Crippen MR) is 101 cm³/mol. The fourth-order valence-corrected chi connectivity index (χ4v) is 3.81. The molecule has 0 aliphatic heterocycles. The first-order chi connectivity index (χ1) is 10.5. The molecule has 2 unspecified atom stereocenters. The SMILES string of the molecule is [B]C1(C)CCCCCC(CCN(C)CCCCCC)CCC1. The van der Waals surface area contributed by atoms with Crippen molar-refractivity contribution < 1.29 is 0 Å². The van der Waals surface area contributed by atoms with Crippen molar-refractivity contribution in [2.45, 2.75) is 103 Å². The van der Waals surface area contributed by atoms with Gasteiger partial charge in [-0.05, 0) is 38.9 Å². The summed E-state index contributed by atoms with van der Waals surface area (Å²) in [5, 5.41) is 0.0952. The summed E-state index contributed by atoms with van der Waals surface area (Å²) in [6.45, 7) is 7.12. The third-order valence-corrected chi connectivity index (χ3v) is 5.53. The molecule has 1 nitrogen and oxygen atoms in total. The van der Waals surface area contributed by atoms with Crippen LogP contribution >= 0.6 is 0 Å². The van der Waals surface area contributed by atoms with Gasteiger partial charge in [0.05, 0.1) is 7.85 Å². The Morgan fingerprint density at radius 1 is 0.955 bits per heavy atom. The van der Waals surface area contributed by atoms with Crippen LogP contribution in [0.25, 0.3) is 0 Å². The summed E-state index contributed by atoms with van der Waals surface area (Å²) in [6, 6.07) is 0. The molecule has 2 atom stereocenters. The van der Waals surface area contributed by atoms with Crippen LogP contribution in [0.4, 0.5) is 0 Å². The molecular weight excluding hydrogens is 265 g/mol. The van der Waals surface area contributed by atoms with Gasteiger partial charge in [-0.3, -0.25) is 0 Å². The smallest absolute Gasteiger partial charge is 0.0742 e. The summed E-state index contributed by atoms with van der Waals surface area (Å²) in [7, 11) is 8.72. The highest BCUT2D eigenvalue weighted by Gasteiger charge is 2.19. The van der Waals surface area contributed by atoms with Gasteiger partial charge in [0, 0.05) is 0 Å². The van der Waals surface area contributed by atoms with Gasteiger partial charge in [-0.15, -0.1) is 0 Å². The molecule has 0 saturated heterocycles. The summed E-state index contributed by atoms with van der Waals surface area (Å²) in [4.78, 5) is 2.56. The molecule has 0 heterocycles. The standard InChI is InChI=1S/C20H40BN/c1-4-5-6-10-17-22(3)18-14-19-12-8-7-9-15-20(2,21)16-11-13-19/h19H,4-18H2,1-3H3. The average Bonchev–Trinajstić information content (AvgIpc) is 2.48. The summed E-state index contributed by atoms with van der Waals surface area (Å²) in [5.74, 6) is 0.937. The van der Waals surface area contributed by atoms with Gasteiger partial charge in [0.2, 0.25) is 0 Å². The largest absolute Gasteiger partial charge is 0.306 e. The third-order valence-electron chi connectivity index (χ3n) is 5.53. The van der Waals surface area contributed by atoms with Crippen LogP contribution in [0.15, 0.2) is 0 Å². The minimum atomic E-state index is 0.0952. The summed E-state index contributed by atoms with van der Waals surface area (Å²) in [6.07, 6.45) is 17.7. The molecule has 0 bridgehead atoms. The number of nitrogens with zero attached hydrogens (tertiary/aromatic N) is 1. The Hall–Kier alpha value is 0.0249. The van der Waals surface area contributed by atoms with Crippen LogP contribution in [0.5, 0.6) is 0 Å². The maximum Gasteiger partial charge on any atom is 0.0742 e. The minimum Gasteiger partial charge on any atom is -0.306 e. The Morgan fingerprint density at radius 3 is 2.45 bits per heavy atom. The van der Waals surface area contributed by atoms with Crippen LogP contribution < -0.4 is 0 Å². The second-order valence-corrected chi connectivity index (χ2v) is 8.16. The quantitative estimate of drug-likeness (QED) is 0.393. The Labute approximate surface area is 142 Å². The Bertz CT molecular complexity index is 264. The molecule has 1 aliphatic carbocycles. The summed E-state index contributed by atoms with van der Waals surface area (Å²) < 4.78 is 0. The molecule has 0 amide bonds. The van der Waals surface area contributed by atoms with Gasteiger partial charge in [-0.2, -0.15) is 0 Å². The predicted octanol–water partition coefficient (Wildman–Crippen LogP) is 5.99. The number of hydrogen-bond acceptors (Lipinski definition) is 1. The van der Waals surface area contributed by atoms with E-state index in [9.17, 15) is 0 Å². The van der Waals surface area contributed by atoms with Gasteiger partial charge < -0.3 is 4.90 Å². The average molecular weight is 305 g/mol. The maximum atomic E-state index is 6.41. The van der Waals surface area contributed by atoms with Crippen molar-refractivity contribution in [3.63, 3.8) is 0 Å². The molecule has 1 saturated carbocycles. The molecule has 1 rings (SSSR count). The Kier molecular flexibility index (Phi) is 10.5. The molecule has 2 radical (unpaired) electrons. The molecule has 128 valence electrons. The molecule has 0 aromatic heterocycles. The molecule has 1 fully saturated rings. The van der Waals surface area contributed by atoms with Gasteiger partial charge in [-0.25, -0.2) is 0 Å². The fourth-order valence-electron chi connectivity index (χ4n) is 3.81. The molecule has 2 heteroatoms. The van der Waals surface area contributed by atoms with Crippen LogP contribution in [0.1, 0.15) is 97.3 Å². The Morgan fingerprint density at radius 2 is 1.68 bits per heavy atom. The molecule has 0 aromatic rings. The molecule has 1 aliphatic rings. The van der Waals surface area contributed by atoms with E-state index in [1.54, 1.807) is 0 Å². The number of rotatable bonds is 8. The van der Waals surface area contributed by atoms with Crippen molar-refractivity contribution in [1.29, 1.82) is 0 Å². The van der Waals surface area contributed by atoms with Crippen LogP contribution in [0, 0.1) is 5.92 Å². The highest BCUT2D eigenvalue weighted by molar-refractivity contribution is 6.14. The minimum absolute atomic E-state index is 0.0952. The zero-order chi connectivity index (χ0) is 16.3. The van der Waals surface area contributed by atoms with Crippen molar-refractivity contribution >= 4 is 7.85 Å². The first-order valence-electron chi connectivity index (χ1n) is 10.0. The van der Waals surface area contributed by atoms with E-state index >= 15 is 0 Å². The van der Waals surface area contributed by atoms with Crippen LogP contribution in [0.3, 0.4) is 0 Å². The molecule has 0 aromatic carbocycles. The molecule has 0 N–H and O–H groups in total. The van der Waals surface area contributed by atoms with E-state index in [4.69, 9.17) is 7.85 Å². The molecule has 0 spiro atoms. The zero-order valence-corrected chi connectivity index (χ0v) is 15.7. The molecule has 22 heavy (non-hydrogen) atoms. The second-order valence-electron chi connectivity index (χ2n) is 8.16. The van der Waals surface area contributed by atoms with Crippen molar-refractivity contribution in [1.82, 2.24) is 4.90 Å². The van der Waals surface area contributed by atoms with E-state index in [2.05, 4.69) is 25.8 Å². The lowest BCUT2D eigenvalue weighted by Crippen LogP contribution is -2.23. The van der Waals surface area contributed by atoms with E-state index < -0.39 is 0 Å². The van der Waals surface area contributed by atoms with Crippen LogP contribution in [-0.4, -0.2) is 32.9 Å². The van der Waals surface area contributed by atoms with E-state index in [0.29, 0.717) is 0 Å². The van der Waals surface area contributed by atoms with Crippen LogP contribution in [0.2, 0.25) is 5.31 Å². The van der Waals surface area contributed by atoms with Gasteiger partial charge >= 0.3 is 0 Å². The number of unbranched alkanes of at least 4 members (excludes halogenated alkanes) is 3. The second kappa shape index (κ2) is 11.5. The summed E-state index contributed by atoms with van der Waals surface area (Å²) in [5.41, 5.74) is 0. The van der Waals surface area contributed by atoms with Crippen molar-refractivity contribution in [3.05, 3.63) is 0 Å². The maximum absolute atomic E-state index is 6.41. The third kappa shape index (κ3) is 9.92. The zero-order valence-electron chi connectivity index (χ0n) is 15.7. The normalized spacial score (nSPS) is 27.9. The lowest BCUT2D eigenvalue weighted by Gasteiger charge is -2.29. The highest BCUT2D eigenvalue weighted by atomic mass is 15.1. The van der Waals surface area contributed by atoms with E-state index in [1.165, 1.54) is 96.6 Å². The lowest BCUT2D eigenvalue weighted by molar-refractivity contribution is 0.269. The Balaban J connectivity index is 2.21. The van der Waals surface area contributed by atoms with Crippen molar-refractivity contribution in [2.75, 3.05) is 20.1 Å². The van der Waals surface area contributed by atoms with Gasteiger partial charge in [0.15, 0.2) is 0 Å². The lowest BCUT2D eigenvalue weighted by atomic mass is 9.63. The monoisotopic (exact) mass is 305 g/mol. The molecular formula is C20H40BN. The fraction of sp³-hybridized carbons (Fsp3) is 1.00. The van der Waals surface area contributed by atoms with E-state index in [0.717, 1.165) is 5.92 Å². The van der Waals surface area contributed by atoms with Gasteiger partial charge in [-0.1, -0.05) is 89.8 Å². The first-order valence-corrected chi connectivity index (χ1v) is 10.0. The van der Waals surface area contributed by atoms with Gasteiger partial charge in [0.1, 0.15) is 0 Å². The van der Waals surface area contributed by atoms with Crippen LogP contribution in [-0.2, 0) is 0 Å². The van der Waals surface area contributed by atoms with E-state index in [1.807, 2.05) is 0 Å². The van der Waals surface area contributed by atoms with E-state index in [-0.39, 0.29) is 5.31 Å². The summed E-state index contributed by atoms with van der Waals surface area (Å²) >= 11 is 0. The highest BCUT2D eigenvalue weighted by Crippen LogP contribution is 2.37. The van der Waals surface area contributed by atoms with Gasteiger partial charge in [0.25, 0.3) is 0 Å². The first kappa shape index (κ1) is 20.1. The topological polar surface area (TPSA) is 3.24 Å².